The molecule has 2 aromatic carbocycles. The van der Waals surface area contributed by atoms with Gasteiger partial charge in [-0.15, -0.1) is 24.0 Å². The summed E-state index contributed by atoms with van der Waals surface area (Å²) in [6, 6.07) is 15.8. The molecule has 0 bridgehead atoms. The van der Waals surface area contributed by atoms with Gasteiger partial charge in [-0.3, -0.25) is 4.79 Å². The lowest BCUT2D eigenvalue weighted by Crippen LogP contribution is -2.32. The summed E-state index contributed by atoms with van der Waals surface area (Å²) >= 11 is 13.5. The molecule has 1 aromatic heterocycles. The lowest BCUT2D eigenvalue weighted by Gasteiger charge is -2.16. The van der Waals surface area contributed by atoms with Crippen LogP contribution in [0.5, 0.6) is 0 Å². The van der Waals surface area contributed by atoms with E-state index in [2.05, 4.69) is 20.2 Å². The molecule has 1 unspecified atom stereocenters. The van der Waals surface area contributed by atoms with E-state index in [1.807, 2.05) is 48.5 Å². The van der Waals surface area contributed by atoms with Crippen LogP contribution in [0.3, 0.4) is 0 Å². The third-order valence-electron chi connectivity index (χ3n) is 5.73. The van der Waals surface area contributed by atoms with E-state index in [0.29, 0.717) is 33.4 Å². The standard InChI is InChI=1S/C25H26Cl2N4OS.HI/c26-22-7-6-18(12-23(22)27)8-10-31-11-9-19(16-31)13-28-24(32)17-33-25-29-14-21(15-30-25)20-4-2-1-3-5-20;/h1-7,12,14-15,19H,8-11,13,16-17H2,(H,28,32);1H. The second-order valence-electron chi connectivity index (χ2n) is 8.17. The zero-order valence-corrected chi connectivity index (χ0v) is 23.3. The number of hydrogen-bond donors (Lipinski definition) is 1. The van der Waals surface area contributed by atoms with E-state index >= 15 is 0 Å². The number of aromatic nitrogens is 2. The van der Waals surface area contributed by atoms with Gasteiger partial charge in [-0.25, -0.2) is 9.97 Å². The summed E-state index contributed by atoms with van der Waals surface area (Å²) in [7, 11) is 0. The fourth-order valence-corrected chi connectivity index (χ4v) is 4.81. The van der Waals surface area contributed by atoms with E-state index in [-0.39, 0.29) is 29.9 Å². The van der Waals surface area contributed by atoms with Crippen molar-refractivity contribution < 1.29 is 4.79 Å². The minimum atomic E-state index is 0. The number of nitrogens with one attached hydrogen (secondary N) is 1. The first kappa shape index (κ1) is 27.2. The van der Waals surface area contributed by atoms with Gasteiger partial charge >= 0.3 is 0 Å². The van der Waals surface area contributed by atoms with Crippen molar-refractivity contribution in [1.29, 1.82) is 0 Å². The van der Waals surface area contributed by atoms with E-state index in [4.69, 9.17) is 23.2 Å². The highest BCUT2D eigenvalue weighted by molar-refractivity contribution is 14.0. The number of thioether (sulfide) groups is 1. The second kappa shape index (κ2) is 13.6. The van der Waals surface area contributed by atoms with Gasteiger partial charge in [-0.05, 0) is 48.6 Å². The van der Waals surface area contributed by atoms with Crippen molar-refractivity contribution in [3.63, 3.8) is 0 Å². The molecule has 1 saturated heterocycles. The largest absolute Gasteiger partial charge is 0.355 e. The normalized spacial score (nSPS) is 15.6. The Balaban J connectivity index is 0.00000324. The SMILES string of the molecule is I.O=C(CSc1ncc(-c2ccccc2)cn1)NCC1CCN(CCc2ccc(Cl)c(Cl)c2)C1. The average Bonchev–Trinajstić information content (AvgIpc) is 3.31. The van der Waals surface area contributed by atoms with Crippen LogP contribution in [-0.4, -0.2) is 52.7 Å². The third-order valence-corrected chi connectivity index (χ3v) is 7.34. The monoisotopic (exact) mass is 628 g/mol. The molecular formula is C25H27Cl2IN4OS. The number of likely N-dealkylation sites (tertiary alicyclic amines) is 1. The van der Waals surface area contributed by atoms with Gasteiger partial charge < -0.3 is 10.2 Å². The van der Waals surface area contributed by atoms with Gasteiger partial charge in [0.1, 0.15) is 0 Å². The molecule has 0 aliphatic carbocycles. The summed E-state index contributed by atoms with van der Waals surface area (Å²) in [5.74, 6) is 0.817. The number of halogens is 3. The van der Waals surface area contributed by atoms with Gasteiger partial charge in [0.15, 0.2) is 5.16 Å². The van der Waals surface area contributed by atoms with E-state index in [1.54, 1.807) is 12.4 Å². The molecule has 0 spiro atoms. The first-order valence-electron chi connectivity index (χ1n) is 11.0. The molecule has 1 amide bonds. The van der Waals surface area contributed by atoms with Gasteiger partial charge in [0.2, 0.25) is 5.91 Å². The molecule has 0 saturated carbocycles. The molecular weight excluding hydrogens is 602 g/mol. The first-order chi connectivity index (χ1) is 16.1. The van der Waals surface area contributed by atoms with Crippen LogP contribution in [0.2, 0.25) is 10.0 Å². The van der Waals surface area contributed by atoms with Gasteiger partial charge in [-0.1, -0.05) is 71.4 Å². The summed E-state index contributed by atoms with van der Waals surface area (Å²) in [5, 5.41) is 4.87. The van der Waals surface area contributed by atoms with Crippen LogP contribution in [0.25, 0.3) is 11.1 Å². The summed E-state index contributed by atoms with van der Waals surface area (Å²) in [5.41, 5.74) is 3.24. The molecule has 1 N–H and O–H groups in total. The lowest BCUT2D eigenvalue weighted by atomic mass is 10.1. The van der Waals surface area contributed by atoms with E-state index < -0.39 is 0 Å². The second-order valence-corrected chi connectivity index (χ2v) is 9.92. The molecule has 1 fully saturated rings. The molecule has 1 atom stereocenters. The van der Waals surface area contributed by atoms with Crippen LogP contribution in [-0.2, 0) is 11.2 Å². The fourth-order valence-electron chi connectivity index (χ4n) is 3.87. The maximum absolute atomic E-state index is 12.3. The number of hydrogen-bond acceptors (Lipinski definition) is 5. The van der Waals surface area contributed by atoms with Crippen LogP contribution in [0.15, 0.2) is 66.1 Å². The average molecular weight is 629 g/mol. The predicted molar refractivity (Wildman–Crippen MR) is 151 cm³/mol. The number of amides is 1. The highest BCUT2D eigenvalue weighted by Crippen LogP contribution is 2.24. The van der Waals surface area contributed by atoms with Crippen molar-refractivity contribution in [2.75, 3.05) is 31.9 Å². The number of benzene rings is 2. The minimum Gasteiger partial charge on any atom is -0.355 e. The number of nitrogens with zero attached hydrogens (tertiary/aromatic N) is 3. The molecule has 0 radical (unpaired) electrons. The van der Waals surface area contributed by atoms with Gasteiger partial charge in [-0.2, -0.15) is 0 Å². The summed E-state index contributed by atoms with van der Waals surface area (Å²) < 4.78 is 0. The van der Waals surface area contributed by atoms with Crippen molar-refractivity contribution >= 4 is 64.8 Å². The topological polar surface area (TPSA) is 58.1 Å². The maximum Gasteiger partial charge on any atom is 0.230 e. The molecule has 5 nitrogen and oxygen atoms in total. The van der Waals surface area contributed by atoms with Crippen LogP contribution < -0.4 is 5.32 Å². The molecule has 180 valence electrons. The highest BCUT2D eigenvalue weighted by atomic mass is 127. The zero-order chi connectivity index (χ0) is 23.0. The Bertz CT molecular complexity index is 1070. The number of carbonyl (C=O) groups excluding carboxylic acids is 1. The van der Waals surface area contributed by atoms with Crippen molar-refractivity contribution in [2.24, 2.45) is 5.92 Å². The van der Waals surface area contributed by atoms with Crippen LogP contribution in [0.1, 0.15) is 12.0 Å². The number of rotatable bonds is 9. The molecule has 3 aromatic rings. The quantitative estimate of drug-likeness (QED) is 0.183. The Morgan fingerprint density at radius 2 is 1.82 bits per heavy atom. The summed E-state index contributed by atoms with van der Waals surface area (Å²) in [6.07, 6.45) is 5.63. The Labute approximate surface area is 232 Å². The Morgan fingerprint density at radius 3 is 2.56 bits per heavy atom. The van der Waals surface area contributed by atoms with E-state index in [0.717, 1.165) is 43.6 Å². The number of carbonyl (C=O) groups is 1. The Morgan fingerprint density at radius 1 is 1.06 bits per heavy atom. The Hall–Kier alpha value is -1.39. The maximum atomic E-state index is 12.3. The van der Waals surface area contributed by atoms with Crippen molar-refractivity contribution in [3.8, 4) is 11.1 Å². The van der Waals surface area contributed by atoms with Gasteiger partial charge in [0, 0.05) is 37.6 Å². The van der Waals surface area contributed by atoms with Crippen LogP contribution in [0.4, 0.5) is 0 Å². The Kier molecular flexibility index (Phi) is 10.9. The molecule has 1 aliphatic rings. The van der Waals surface area contributed by atoms with Crippen molar-refractivity contribution in [3.05, 3.63) is 76.5 Å². The third kappa shape index (κ3) is 8.09. The molecule has 1 aliphatic heterocycles. The molecule has 2 heterocycles. The van der Waals surface area contributed by atoms with Crippen LogP contribution >= 0.6 is 58.9 Å². The summed E-state index contributed by atoms with van der Waals surface area (Å²) in [6.45, 7) is 3.74. The first-order valence-corrected chi connectivity index (χ1v) is 12.7. The molecule has 4 rings (SSSR count). The molecule has 9 heteroatoms. The van der Waals surface area contributed by atoms with Crippen molar-refractivity contribution in [2.45, 2.75) is 18.0 Å². The summed E-state index contributed by atoms with van der Waals surface area (Å²) in [4.78, 5) is 23.5. The van der Waals surface area contributed by atoms with E-state index in [1.165, 1.54) is 17.3 Å². The molecule has 34 heavy (non-hydrogen) atoms. The van der Waals surface area contributed by atoms with Crippen LogP contribution in [0, 0.1) is 5.92 Å². The predicted octanol–water partition coefficient (Wildman–Crippen LogP) is 5.84. The van der Waals surface area contributed by atoms with E-state index in [9.17, 15) is 4.79 Å². The van der Waals surface area contributed by atoms with Gasteiger partial charge in [0.05, 0.1) is 15.8 Å². The van der Waals surface area contributed by atoms with Gasteiger partial charge in [0.25, 0.3) is 0 Å². The van der Waals surface area contributed by atoms with Crippen molar-refractivity contribution in [1.82, 2.24) is 20.2 Å². The minimum absolute atomic E-state index is 0. The fraction of sp³-hybridized carbons (Fsp3) is 0.320. The lowest BCUT2D eigenvalue weighted by molar-refractivity contribution is -0.118. The highest BCUT2D eigenvalue weighted by Gasteiger charge is 2.22. The zero-order valence-electron chi connectivity index (χ0n) is 18.6. The smallest absolute Gasteiger partial charge is 0.230 e.